The number of amides is 2. The summed E-state index contributed by atoms with van der Waals surface area (Å²) < 4.78 is 19.2. The zero-order chi connectivity index (χ0) is 19.0. The van der Waals surface area contributed by atoms with Crippen LogP contribution in [0.3, 0.4) is 0 Å². The van der Waals surface area contributed by atoms with Crippen LogP contribution in [0.15, 0.2) is 29.8 Å². The van der Waals surface area contributed by atoms with E-state index in [1.165, 1.54) is 23.5 Å². The fourth-order valence-electron chi connectivity index (χ4n) is 3.74. The van der Waals surface area contributed by atoms with Crippen molar-refractivity contribution in [2.45, 2.75) is 25.4 Å². The van der Waals surface area contributed by atoms with Crippen molar-refractivity contribution in [3.63, 3.8) is 0 Å². The molecule has 4 rings (SSSR count). The van der Waals surface area contributed by atoms with E-state index in [2.05, 4.69) is 4.98 Å². The van der Waals surface area contributed by atoms with Crippen LogP contribution in [0.25, 0.3) is 0 Å². The summed E-state index contributed by atoms with van der Waals surface area (Å²) in [4.78, 5) is 33.5. The van der Waals surface area contributed by atoms with Crippen molar-refractivity contribution in [2.24, 2.45) is 0 Å². The number of benzene rings is 1. The number of morpholine rings is 1. The van der Waals surface area contributed by atoms with Gasteiger partial charge in [0.15, 0.2) is 0 Å². The quantitative estimate of drug-likeness (QED) is 0.792. The molecule has 3 heterocycles. The Hall–Kier alpha value is -2.32. The van der Waals surface area contributed by atoms with E-state index in [4.69, 9.17) is 4.74 Å². The van der Waals surface area contributed by atoms with Gasteiger partial charge in [-0.1, -0.05) is 0 Å². The Balaban J connectivity index is 1.55. The fourth-order valence-corrected chi connectivity index (χ4v) is 4.51. The number of likely N-dealkylation sites (tertiary alicyclic amines) is 1. The molecule has 2 aliphatic rings. The minimum atomic E-state index is -0.602. The topological polar surface area (TPSA) is 62.7 Å². The summed E-state index contributed by atoms with van der Waals surface area (Å²) in [7, 11) is 0. The number of aromatic nitrogens is 1. The highest BCUT2D eigenvalue weighted by Crippen LogP contribution is 2.33. The van der Waals surface area contributed by atoms with Crippen molar-refractivity contribution >= 4 is 28.8 Å². The molecule has 0 aliphatic carbocycles. The molecule has 6 nitrogen and oxygen atoms in total. The van der Waals surface area contributed by atoms with E-state index in [0.717, 1.165) is 18.5 Å². The van der Waals surface area contributed by atoms with Crippen LogP contribution in [0.1, 0.15) is 28.2 Å². The number of halogens is 1. The van der Waals surface area contributed by atoms with Gasteiger partial charge in [-0.3, -0.25) is 9.59 Å². The second kappa shape index (κ2) is 7.01. The second-order valence-electron chi connectivity index (χ2n) is 7.03. The molecule has 1 aromatic carbocycles. The van der Waals surface area contributed by atoms with Crippen LogP contribution >= 0.6 is 11.3 Å². The predicted octanol–water partition coefficient (Wildman–Crippen LogP) is 2.63. The first-order chi connectivity index (χ1) is 13.0. The predicted molar refractivity (Wildman–Crippen MR) is 99.4 cm³/mol. The molecule has 2 saturated heterocycles. The van der Waals surface area contributed by atoms with Gasteiger partial charge in [0, 0.05) is 12.2 Å². The van der Waals surface area contributed by atoms with Crippen molar-refractivity contribution in [2.75, 3.05) is 31.1 Å². The smallest absolute Gasteiger partial charge is 0.265 e. The summed E-state index contributed by atoms with van der Waals surface area (Å²) in [5.74, 6) is -0.541. The average molecular weight is 389 g/mol. The van der Waals surface area contributed by atoms with Crippen molar-refractivity contribution in [3.05, 3.63) is 46.2 Å². The van der Waals surface area contributed by atoms with Crippen LogP contribution in [0.2, 0.25) is 0 Å². The van der Waals surface area contributed by atoms with Gasteiger partial charge in [-0.25, -0.2) is 9.37 Å². The number of hydrogen-bond donors (Lipinski definition) is 0. The summed E-state index contributed by atoms with van der Waals surface area (Å²) in [6.07, 6.45) is 1.57. The molecule has 0 bridgehead atoms. The summed E-state index contributed by atoms with van der Waals surface area (Å²) in [5.41, 5.74) is 2.45. The minimum absolute atomic E-state index is 0.0390. The number of thiazole rings is 1. The molecular formula is C19H20FN3O3S. The number of ether oxygens (including phenoxy) is 1. The van der Waals surface area contributed by atoms with Gasteiger partial charge in [0.2, 0.25) is 0 Å². The zero-order valence-electron chi connectivity index (χ0n) is 15.0. The number of aryl methyl sites for hydroxylation is 1. The molecular weight excluding hydrogens is 369 g/mol. The zero-order valence-corrected chi connectivity index (χ0v) is 15.8. The highest BCUT2D eigenvalue weighted by atomic mass is 32.1. The minimum Gasteiger partial charge on any atom is -0.361 e. The monoisotopic (exact) mass is 389 g/mol. The van der Waals surface area contributed by atoms with Gasteiger partial charge < -0.3 is 14.5 Å². The standard InChI is InChI=1S/C19H20FN3O3S/c1-13-17(27-12-21-13)18(25)22-8-2-7-19(10-22)11-23(16(24)9-26-19)15-5-3-14(20)4-6-15/h3-6,12H,2,7-11H2,1H3. The first-order valence-electron chi connectivity index (χ1n) is 8.87. The first kappa shape index (κ1) is 18.1. The third kappa shape index (κ3) is 3.46. The fraction of sp³-hybridized carbons (Fsp3) is 0.421. The van der Waals surface area contributed by atoms with Crippen molar-refractivity contribution in [1.29, 1.82) is 0 Å². The normalized spacial score (nSPS) is 23.1. The number of nitrogens with zero attached hydrogens (tertiary/aromatic N) is 3. The van der Waals surface area contributed by atoms with E-state index in [1.807, 2.05) is 6.92 Å². The van der Waals surface area contributed by atoms with Gasteiger partial charge in [-0.15, -0.1) is 11.3 Å². The molecule has 2 amide bonds. The van der Waals surface area contributed by atoms with Crippen LogP contribution in [0.5, 0.6) is 0 Å². The van der Waals surface area contributed by atoms with E-state index in [0.29, 0.717) is 30.2 Å². The maximum Gasteiger partial charge on any atom is 0.265 e. The highest BCUT2D eigenvalue weighted by Gasteiger charge is 2.44. The van der Waals surface area contributed by atoms with Gasteiger partial charge in [0.1, 0.15) is 22.9 Å². The molecule has 0 saturated carbocycles. The van der Waals surface area contributed by atoms with Crippen LogP contribution in [0.4, 0.5) is 10.1 Å². The molecule has 1 unspecified atom stereocenters. The Morgan fingerprint density at radius 1 is 1.30 bits per heavy atom. The molecule has 142 valence electrons. The summed E-state index contributed by atoms with van der Waals surface area (Å²) >= 11 is 1.34. The van der Waals surface area contributed by atoms with Crippen LogP contribution in [-0.2, 0) is 9.53 Å². The van der Waals surface area contributed by atoms with Gasteiger partial charge in [-0.2, -0.15) is 0 Å². The van der Waals surface area contributed by atoms with Crippen molar-refractivity contribution in [1.82, 2.24) is 9.88 Å². The average Bonchev–Trinajstić information content (AvgIpc) is 3.10. The first-order valence-corrected chi connectivity index (χ1v) is 9.75. The van der Waals surface area contributed by atoms with Gasteiger partial charge in [-0.05, 0) is 44.0 Å². The summed E-state index contributed by atoms with van der Waals surface area (Å²) in [5, 5.41) is 0. The third-order valence-corrected chi connectivity index (χ3v) is 6.07. The lowest BCUT2D eigenvalue weighted by Gasteiger charge is -2.47. The number of anilines is 1. The van der Waals surface area contributed by atoms with Gasteiger partial charge in [0.05, 0.1) is 24.3 Å². The Morgan fingerprint density at radius 3 is 2.78 bits per heavy atom. The van der Waals surface area contributed by atoms with Crippen LogP contribution < -0.4 is 4.90 Å². The van der Waals surface area contributed by atoms with E-state index in [1.54, 1.807) is 27.4 Å². The van der Waals surface area contributed by atoms with Crippen molar-refractivity contribution < 1.29 is 18.7 Å². The number of carbonyl (C=O) groups is 2. The second-order valence-corrected chi connectivity index (χ2v) is 7.88. The molecule has 0 radical (unpaired) electrons. The van der Waals surface area contributed by atoms with E-state index in [-0.39, 0.29) is 24.2 Å². The SMILES string of the molecule is Cc1ncsc1C(=O)N1CCCC2(C1)CN(c1ccc(F)cc1)C(=O)CO2. The summed E-state index contributed by atoms with van der Waals surface area (Å²) in [6, 6.07) is 5.87. The largest absolute Gasteiger partial charge is 0.361 e. The number of carbonyl (C=O) groups excluding carboxylic acids is 2. The van der Waals surface area contributed by atoms with Crippen molar-refractivity contribution in [3.8, 4) is 0 Å². The lowest BCUT2D eigenvalue weighted by Crippen LogP contribution is -2.62. The highest BCUT2D eigenvalue weighted by molar-refractivity contribution is 7.11. The van der Waals surface area contributed by atoms with Gasteiger partial charge >= 0.3 is 0 Å². The molecule has 1 atom stereocenters. The molecule has 8 heteroatoms. The molecule has 2 aliphatic heterocycles. The Bertz CT molecular complexity index is 869. The molecule has 0 N–H and O–H groups in total. The number of rotatable bonds is 2. The van der Waals surface area contributed by atoms with Crippen LogP contribution in [-0.4, -0.2) is 53.5 Å². The van der Waals surface area contributed by atoms with E-state index in [9.17, 15) is 14.0 Å². The maximum atomic E-state index is 13.2. The lowest BCUT2D eigenvalue weighted by atomic mass is 9.90. The van der Waals surface area contributed by atoms with Crippen LogP contribution in [0, 0.1) is 12.7 Å². The molecule has 2 fully saturated rings. The maximum absolute atomic E-state index is 13.2. The molecule has 1 spiro atoms. The molecule has 2 aromatic rings. The number of piperidine rings is 1. The lowest BCUT2D eigenvalue weighted by molar-refractivity contribution is -0.144. The molecule has 27 heavy (non-hydrogen) atoms. The Morgan fingerprint density at radius 2 is 2.07 bits per heavy atom. The molecule has 1 aromatic heterocycles. The summed E-state index contributed by atoms with van der Waals surface area (Å²) in [6.45, 7) is 3.22. The third-order valence-electron chi connectivity index (χ3n) is 5.15. The Labute approximate surface area is 160 Å². The Kier molecular flexibility index (Phi) is 4.69. The van der Waals surface area contributed by atoms with Gasteiger partial charge in [0.25, 0.3) is 11.8 Å². The number of hydrogen-bond acceptors (Lipinski definition) is 5. The van der Waals surface area contributed by atoms with E-state index >= 15 is 0 Å². The van der Waals surface area contributed by atoms with E-state index < -0.39 is 5.60 Å².